The van der Waals surface area contributed by atoms with Crippen molar-refractivity contribution in [1.29, 1.82) is 5.26 Å². The first-order chi connectivity index (χ1) is 16.6. The van der Waals surface area contributed by atoms with Gasteiger partial charge in [0, 0.05) is 32.2 Å². The van der Waals surface area contributed by atoms with Crippen LogP contribution in [0.5, 0.6) is 5.75 Å². The maximum Gasteiger partial charge on any atom is 0.150 e. The average molecular weight is 460 g/mol. The van der Waals surface area contributed by atoms with E-state index in [0.717, 1.165) is 31.6 Å². The van der Waals surface area contributed by atoms with Crippen molar-refractivity contribution in [3.8, 4) is 11.8 Å². The summed E-state index contributed by atoms with van der Waals surface area (Å²) in [6.07, 6.45) is 0.900. The molecule has 1 aliphatic rings. The second-order valence-electron chi connectivity index (χ2n) is 8.66. The Morgan fingerprint density at radius 3 is 2.50 bits per heavy atom. The molecule has 1 aliphatic heterocycles. The molecular weight excluding hydrogens is 429 g/mol. The number of rotatable bonds is 8. The van der Waals surface area contributed by atoms with Crippen LogP contribution in [0.15, 0.2) is 66.7 Å². The number of aliphatic hydroxyl groups excluding tert-OH is 1. The fourth-order valence-corrected chi connectivity index (χ4v) is 4.41. The largest absolute Gasteiger partial charge is 0.491 e. The Kier molecular flexibility index (Phi) is 7.79. The summed E-state index contributed by atoms with van der Waals surface area (Å²) in [6.45, 7) is 5.34. The summed E-state index contributed by atoms with van der Waals surface area (Å²) in [6, 6.07) is 23.3. The Labute approximate surface area is 200 Å². The predicted octanol–water partition coefficient (Wildman–Crippen LogP) is 4.48. The number of piperazine rings is 1. The molecular formula is C28H30FN3O2. The predicted molar refractivity (Wildman–Crippen MR) is 132 cm³/mol. The van der Waals surface area contributed by atoms with Gasteiger partial charge in [-0.3, -0.25) is 4.90 Å². The summed E-state index contributed by atoms with van der Waals surface area (Å²) in [5, 5.41) is 18.0. The Morgan fingerprint density at radius 1 is 1.06 bits per heavy atom. The third-order valence-corrected chi connectivity index (χ3v) is 6.31. The normalized spacial score (nSPS) is 16.3. The van der Waals surface area contributed by atoms with Gasteiger partial charge < -0.3 is 14.7 Å². The molecule has 0 bridgehead atoms. The van der Waals surface area contributed by atoms with E-state index in [-0.39, 0.29) is 25.1 Å². The lowest BCUT2D eigenvalue weighted by molar-refractivity contribution is 0.201. The topological polar surface area (TPSA) is 59.7 Å². The highest BCUT2D eigenvalue weighted by Gasteiger charge is 2.30. The molecule has 0 amide bonds. The van der Waals surface area contributed by atoms with Crippen LogP contribution in [0.1, 0.15) is 28.3 Å². The van der Waals surface area contributed by atoms with Crippen LogP contribution in [0.4, 0.5) is 10.1 Å². The first kappa shape index (κ1) is 23.7. The molecule has 176 valence electrons. The molecule has 1 atom stereocenters. The van der Waals surface area contributed by atoms with Crippen LogP contribution in [-0.2, 0) is 6.42 Å². The van der Waals surface area contributed by atoms with Crippen LogP contribution in [-0.4, -0.2) is 49.4 Å². The summed E-state index contributed by atoms with van der Waals surface area (Å²) in [5.74, 6) is 0.0989. The van der Waals surface area contributed by atoms with E-state index in [1.54, 1.807) is 12.1 Å². The number of ether oxygens (including phenoxy) is 1. The van der Waals surface area contributed by atoms with Crippen molar-refractivity contribution >= 4 is 5.69 Å². The highest BCUT2D eigenvalue weighted by molar-refractivity contribution is 5.53. The second-order valence-corrected chi connectivity index (χ2v) is 8.66. The number of nitriles is 1. The van der Waals surface area contributed by atoms with Crippen molar-refractivity contribution in [3.05, 3.63) is 94.8 Å². The van der Waals surface area contributed by atoms with Gasteiger partial charge in [0.1, 0.15) is 18.2 Å². The van der Waals surface area contributed by atoms with E-state index >= 15 is 4.39 Å². The van der Waals surface area contributed by atoms with E-state index in [9.17, 15) is 0 Å². The van der Waals surface area contributed by atoms with E-state index in [0.29, 0.717) is 23.5 Å². The Balaban J connectivity index is 1.52. The summed E-state index contributed by atoms with van der Waals surface area (Å²) in [5.41, 5.74) is 4.80. The highest BCUT2D eigenvalue weighted by Crippen LogP contribution is 2.34. The van der Waals surface area contributed by atoms with Crippen LogP contribution in [0, 0.1) is 24.1 Å². The molecule has 1 saturated heterocycles. The van der Waals surface area contributed by atoms with Crippen LogP contribution in [0.25, 0.3) is 0 Å². The SMILES string of the molecule is Cc1ccc(C2CN(CCc3ccc(C#N)cc3)CCN2c2ccc(OCCO)cc2F)cc1. The van der Waals surface area contributed by atoms with Crippen LogP contribution >= 0.6 is 0 Å². The van der Waals surface area contributed by atoms with E-state index in [1.165, 1.54) is 17.2 Å². The molecule has 1 fully saturated rings. The average Bonchev–Trinajstić information content (AvgIpc) is 2.87. The molecule has 0 aromatic heterocycles. The van der Waals surface area contributed by atoms with E-state index < -0.39 is 0 Å². The molecule has 5 nitrogen and oxygen atoms in total. The number of aryl methyl sites for hydroxylation is 1. The molecule has 0 radical (unpaired) electrons. The monoisotopic (exact) mass is 459 g/mol. The van der Waals surface area contributed by atoms with Gasteiger partial charge in [-0.05, 0) is 48.7 Å². The van der Waals surface area contributed by atoms with E-state index in [1.807, 2.05) is 24.3 Å². The Bertz CT molecular complexity index is 1130. The summed E-state index contributed by atoms with van der Waals surface area (Å²) < 4.78 is 20.5. The zero-order valence-electron chi connectivity index (χ0n) is 19.5. The lowest BCUT2D eigenvalue weighted by Gasteiger charge is -2.43. The molecule has 34 heavy (non-hydrogen) atoms. The molecule has 1 N–H and O–H groups in total. The van der Waals surface area contributed by atoms with Crippen molar-refractivity contribution in [2.45, 2.75) is 19.4 Å². The summed E-state index contributed by atoms with van der Waals surface area (Å²) >= 11 is 0. The number of hydrogen-bond acceptors (Lipinski definition) is 5. The lowest BCUT2D eigenvalue weighted by atomic mass is 9.99. The third kappa shape index (κ3) is 5.74. The first-order valence-corrected chi connectivity index (χ1v) is 11.6. The number of benzene rings is 3. The van der Waals surface area contributed by atoms with Gasteiger partial charge in [0.15, 0.2) is 0 Å². The van der Waals surface area contributed by atoms with Crippen molar-refractivity contribution in [1.82, 2.24) is 4.90 Å². The minimum absolute atomic E-state index is 0.0222. The summed E-state index contributed by atoms with van der Waals surface area (Å²) in [4.78, 5) is 4.57. The fraction of sp³-hybridized carbons (Fsp3) is 0.321. The standard InChI is InChI=1S/C28H30FN3O2/c1-21-2-8-24(9-3-21)28-20-31(13-12-22-4-6-23(19-30)7-5-22)14-15-32(28)27-11-10-25(18-26(27)29)34-17-16-33/h2-11,18,28,33H,12-17,20H2,1H3. The second kappa shape index (κ2) is 11.1. The van der Waals surface area contributed by atoms with E-state index in [2.05, 4.69) is 47.1 Å². The lowest BCUT2D eigenvalue weighted by Crippen LogP contribution is -2.49. The van der Waals surface area contributed by atoms with E-state index in [4.69, 9.17) is 15.1 Å². The number of hydrogen-bond donors (Lipinski definition) is 1. The van der Waals surface area contributed by atoms with Crippen molar-refractivity contribution in [2.75, 3.05) is 44.3 Å². The number of anilines is 1. The highest BCUT2D eigenvalue weighted by atomic mass is 19.1. The Morgan fingerprint density at radius 2 is 1.82 bits per heavy atom. The van der Waals surface area contributed by atoms with Gasteiger partial charge in [-0.1, -0.05) is 42.0 Å². The molecule has 3 aromatic carbocycles. The van der Waals surface area contributed by atoms with Crippen molar-refractivity contribution < 1.29 is 14.2 Å². The molecule has 1 unspecified atom stereocenters. The smallest absolute Gasteiger partial charge is 0.150 e. The van der Waals surface area contributed by atoms with Gasteiger partial charge in [0.05, 0.1) is 30.0 Å². The molecule has 0 saturated carbocycles. The van der Waals surface area contributed by atoms with Crippen molar-refractivity contribution in [2.24, 2.45) is 0 Å². The molecule has 1 heterocycles. The maximum atomic E-state index is 15.1. The molecule has 0 aliphatic carbocycles. The quantitative estimate of drug-likeness (QED) is 0.538. The van der Waals surface area contributed by atoms with Gasteiger partial charge in [0.25, 0.3) is 0 Å². The molecule has 4 rings (SSSR count). The van der Waals surface area contributed by atoms with Gasteiger partial charge in [-0.25, -0.2) is 4.39 Å². The fourth-order valence-electron chi connectivity index (χ4n) is 4.41. The minimum Gasteiger partial charge on any atom is -0.491 e. The summed E-state index contributed by atoms with van der Waals surface area (Å²) in [7, 11) is 0. The zero-order chi connectivity index (χ0) is 23.9. The van der Waals surface area contributed by atoms with Gasteiger partial charge in [-0.2, -0.15) is 5.26 Å². The van der Waals surface area contributed by atoms with Crippen LogP contribution in [0.2, 0.25) is 0 Å². The zero-order valence-corrected chi connectivity index (χ0v) is 19.5. The van der Waals surface area contributed by atoms with Gasteiger partial charge in [-0.15, -0.1) is 0 Å². The molecule has 3 aromatic rings. The Hall–Kier alpha value is -3.40. The minimum atomic E-state index is -0.321. The number of halogens is 1. The maximum absolute atomic E-state index is 15.1. The number of nitrogens with zero attached hydrogens (tertiary/aromatic N) is 3. The molecule has 6 heteroatoms. The molecule has 0 spiro atoms. The van der Waals surface area contributed by atoms with Crippen molar-refractivity contribution in [3.63, 3.8) is 0 Å². The van der Waals surface area contributed by atoms with Gasteiger partial charge in [0.2, 0.25) is 0 Å². The first-order valence-electron chi connectivity index (χ1n) is 11.6. The van der Waals surface area contributed by atoms with Crippen LogP contribution in [0.3, 0.4) is 0 Å². The number of aliphatic hydroxyl groups is 1. The van der Waals surface area contributed by atoms with Crippen LogP contribution < -0.4 is 9.64 Å². The third-order valence-electron chi connectivity index (χ3n) is 6.31. The van der Waals surface area contributed by atoms with Gasteiger partial charge >= 0.3 is 0 Å².